The third kappa shape index (κ3) is 7.15. The summed E-state index contributed by atoms with van der Waals surface area (Å²) in [6, 6.07) is 36.0. The van der Waals surface area contributed by atoms with Gasteiger partial charge in [-0.3, -0.25) is 4.79 Å². The highest BCUT2D eigenvalue weighted by Crippen LogP contribution is 2.52. The molecule has 4 aromatic carbocycles. The van der Waals surface area contributed by atoms with Gasteiger partial charge in [0.2, 0.25) is 0 Å². The molecule has 0 aliphatic heterocycles. The Morgan fingerprint density at radius 1 is 0.769 bits per heavy atom. The summed E-state index contributed by atoms with van der Waals surface area (Å²) in [5, 5.41) is 1.36. The van der Waals surface area contributed by atoms with Gasteiger partial charge in [-0.2, -0.15) is 0 Å². The van der Waals surface area contributed by atoms with Crippen LogP contribution in [0.5, 0.6) is 5.75 Å². The molecule has 0 aliphatic rings. The van der Waals surface area contributed by atoms with Crippen LogP contribution >= 0.6 is 7.14 Å². The van der Waals surface area contributed by atoms with E-state index in [9.17, 15) is 4.79 Å². The van der Waals surface area contributed by atoms with Crippen LogP contribution in [0.4, 0.5) is 0 Å². The molecule has 2 atom stereocenters. The number of ether oxygens (including phenoxy) is 2. The average Bonchev–Trinajstić information content (AvgIpc) is 3.01. The number of unbranched alkanes of at least 4 members (excludes halogenated alkanes) is 1. The number of hydrogen-bond acceptors (Lipinski definition) is 4. The number of hydrogen-bond donors (Lipinski definition) is 0. The number of Topliss-reactive ketones (excluding diaryl/α,β-unsaturated/α-hetero) is 1. The zero-order valence-corrected chi connectivity index (χ0v) is 23.6. The topological polar surface area (TPSA) is 52.6 Å². The number of carbonyl (C=O) groups is 1. The molecule has 0 unspecified atom stereocenters. The van der Waals surface area contributed by atoms with Crippen molar-refractivity contribution in [2.75, 3.05) is 7.11 Å². The van der Waals surface area contributed by atoms with Crippen molar-refractivity contribution >= 4 is 23.5 Å². The van der Waals surface area contributed by atoms with Crippen molar-refractivity contribution in [2.24, 2.45) is 0 Å². The molecule has 0 fully saturated rings. The lowest BCUT2D eigenvalue weighted by molar-refractivity contribution is 0.0272. The number of methoxy groups -OCH3 is 1. The molecular formula is C34H37O4P. The number of rotatable bonds is 14. The van der Waals surface area contributed by atoms with Crippen molar-refractivity contribution in [3.05, 3.63) is 126 Å². The van der Waals surface area contributed by atoms with E-state index in [4.69, 9.17) is 9.47 Å². The molecule has 202 valence electrons. The summed E-state index contributed by atoms with van der Waals surface area (Å²) < 4.78 is 27.2. The first-order chi connectivity index (χ1) is 19.1. The molecule has 4 rings (SSSR count). The van der Waals surface area contributed by atoms with E-state index in [1.807, 2.05) is 91.0 Å². The summed E-state index contributed by atoms with van der Waals surface area (Å²) in [6.45, 7) is 2.59. The van der Waals surface area contributed by atoms with Crippen molar-refractivity contribution in [1.82, 2.24) is 0 Å². The average molecular weight is 541 g/mol. The van der Waals surface area contributed by atoms with Crippen molar-refractivity contribution in [2.45, 2.75) is 51.0 Å². The van der Waals surface area contributed by atoms with Crippen molar-refractivity contribution < 1.29 is 18.8 Å². The van der Waals surface area contributed by atoms with Gasteiger partial charge in [0.1, 0.15) is 5.75 Å². The van der Waals surface area contributed by atoms with Gasteiger partial charge in [0.15, 0.2) is 12.9 Å². The van der Waals surface area contributed by atoms with Crippen LogP contribution in [-0.4, -0.2) is 24.7 Å². The van der Waals surface area contributed by atoms with Crippen LogP contribution in [0.2, 0.25) is 0 Å². The molecule has 0 bridgehead atoms. The smallest absolute Gasteiger partial charge is 0.173 e. The summed E-state index contributed by atoms with van der Waals surface area (Å²) >= 11 is 0. The molecule has 0 saturated heterocycles. The second-order valence-corrected chi connectivity index (χ2v) is 12.7. The molecule has 4 nitrogen and oxygen atoms in total. The van der Waals surface area contributed by atoms with E-state index in [0.717, 1.165) is 24.8 Å². The Labute approximate surface area is 232 Å². The van der Waals surface area contributed by atoms with Crippen LogP contribution < -0.4 is 15.3 Å². The molecule has 0 aliphatic carbocycles. The molecule has 0 radical (unpaired) electrons. The predicted molar refractivity (Wildman–Crippen MR) is 160 cm³/mol. The van der Waals surface area contributed by atoms with E-state index < -0.39 is 12.8 Å². The van der Waals surface area contributed by atoms with E-state index in [-0.39, 0.29) is 11.9 Å². The van der Waals surface area contributed by atoms with Gasteiger partial charge in [0, 0.05) is 16.2 Å². The molecule has 0 heterocycles. The third-order valence-electron chi connectivity index (χ3n) is 7.09. The predicted octanol–water partition coefficient (Wildman–Crippen LogP) is 7.43. The van der Waals surface area contributed by atoms with E-state index in [2.05, 4.69) is 6.92 Å². The Morgan fingerprint density at radius 2 is 1.31 bits per heavy atom. The van der Waals surface area contributed by atoms with E-state index >= 15 is 4.57 Å². The number of carbonyl (C=O) groups excluding carboxylic acids is 1. The normalized spacial score (nSPS) is 13.0. The molecule has 5 heteroatoms. The van der Waals surface area contributed by atoms with Crippen molar-refractivity contribution in [3.63, 3.8) is 0 Å². The van der Waals surface area contributed by atoms with Crippen molar-refractivity contribution in [1.29, 1.82) is 0 Å². The molecule has 39 heavy (non-hydrogen) atoms. The van der Waals surface area contributed by atoms with Crippen LogP contribution in [0.25, 0.3) is 0 Å². The van der Waals surface area contributed by atoms with Crippen LogP contribution in [0.3, 0.4) is 0 Å². The van der Waals surface area contributed by atoms with E-state index in [0.29, 0.717) is 34.9 Å². The molecule has 0 saturated carbocycles. The summed E-state index contributed by atoms with van der Waals surface area (Å²) in [4.78, 5) is 14.4. The minimum absolute atomic E-state index is 0.140. The zero-order chi connectivity index (χ0) is 27.5. The Hall–Kier alpha value is -3.46. The van der Waals surface area contributed by atoms with Crippen LogP contribution in [0.1, 0.15) is 48.5 Å². The van der Waals surface area contributed by atoms with Gasteiger partial charge < -0.3 is 14.0 Å². The summed E-state index contributed by atoms with van der Waals surface area (Å²) in [5.41, 5.74) is 0.810. The number of ketones is 1. The molecule has 4 aromatic rings. The lowest BCUT2D eigenvalue weighted by Crippen LogP contribution is -2.35. The Bertz CT molecular complexity index is 1300. The lowest BCUT2D eigenvalue weighted by atomic mass is 10.0. The van der Waals surface area contributed by atoms with Gasteiger partial charge in [0.25, 0.3) is 0 Å². The maximum atomic E-state index is 15.4. The highest BCUT2D eigenvalue weighted by molar-refractivity contribution is 7.80. The van der Waals surface area contributed by atoms with Crippen LogP contribution in [-0.2, 0) is 15.9 Å². The highest BCUT2D eigenvalue weighted by atomic mass is 31.2. The first kappa shape index (κ1) is 28.5. The maximum absolute atomic E-state index is 15.4. The zero-order valence-electron chi connectivity index (χ0n) is 22.7. The molecule has 0 spiro atoms. The van der Waals surface area contributed by atoms with Gasteiger partial charge in [-0.05, 0) is 42.7 Å². The highest BCUT2D eigenvalue weighted by Gasteiger charge is 2.42. The summed E-state index contributed by atoms with van der Waals surface area (Å²) in [6.07, 6.45) is 2.90. The quantitative estimate of drug-likeness (QED) is 0.123. The second-order valence-electron chi connectivity index (χ2n) is 9.73. The minimum atomic E-state index is -3.42. The summed E-state index contributed by atoms with van der Waals surface area (Å²) in [5.74, 6) is 0.530. The minimum Gasteiger partial charge on any atom is -0.497 e. The fraction of sp³-hybridized carbons (Fsp3) is 0.265. The Kier molecular flexibility index (Phi) is 10.3. The Balaban J connectivity index is 1.78. The first-order valence-corrected chi connectivity index (χ1v) is 15.4. The molecule has 0 aromatic heterocycles. The van der Waals surface area contributed by atoms with Gasteiger partial charge in [-0.25, -0.2) is 0 Å². The fourth-order valence-corrected chi connectivity index (χ4v) is 8.17. The SMILES string of the molecule is CCCC[C@H](C[C@H](C(=O)c1ccc(OC)cc1)P(=O)(c1ccccc1)c1ccccc1)OCc1ccccc1. The van der Waals surface area contributed by atoms with E-state index in [1.54, 1.807) is 31.4 Å². The monoisotopic (exact) mass is 540 g/mol. The number of benzene rings is 4. The molecular weight excluding hydrogens is 503 g/mol. The standard InChI is InChI=1S/C34H37O4P/c1-3-4-16-30(38-26-27-14-8-5-9-15-27)25-33(34(35)28-21-23-29(37-2)24-22-28)39(36,31-17-10-6-11-18-31)32-19-12-7-13-20-32/h5-15,17-24,30,33H,3-4,16,25-26H2,1-2H3/t30-,33-/m1/s1. The maximum Gasteiger partial charge on any atom is 0.173 e. The second kappa shape index (κ2) is 14.1. The first-order valence-electron chi connectivity index (χ1n) is 13.6. The molecule has 0 N–H and O–H groups in total. The third-order valence-corrected chi connectivity index (χ3v) is 10.5. The summed E-state index contributed by atoms with van der Waals surface area (Å²) in [7, 11) is -1.82. The largest absolute Gasteiger partial charge is 0.497 e. The van der Waals surface area contributed by atoms with Gasteiger partial charge in [-0.15, -0.1) is 0 Å². The van der Waals surface area contributed by atoms with Crippen molar-refractivity contribution in [3.8, 4) is 5.75 Å². The Morgan fingerprint density at radius 3 is 1.82 bits per heavy atom. The fourth-order valence-electron chi connectivity index (χ4n) is 4.91. The van der Waals surface area contributed by atoms with Crippen LogP contribution in [0, 0.1) is 0 Å². The van der Waals surface area contributed by atoms with E-state index in [1.165, 1.54) is 0 Å². The van der Waals surface area contributed by atoms with Crippen LogP contribution in [0.15, 0.2) is 115 Å². The lowest BCUT2D eigenvalue weighted by Gasteiger charge is -2.31. The van der Waals surface area contributed by atoms with Gasteiger partial charge in [-0.1, -0.05) is 111 Å². The molecule has 0 amide bonds. The van der Waals surface area contributed by atoms with Gasteiger partial charge >= 0.3 is 0 Å². The van der Waals surface area contributed by atoms with Gasteiger partial charge in [0.05, 0.1) is 25.5 Å².